The van der Waals surface area contributed by atoms with Gasteiger partial charge in [-0.3, -0.25) is 0 Å². The van der Waals surface area contributed by atoms with Gasteiger partial charge in [0.05, 0.1) is 25.0 Å². The molecule has 0 aliphatic carbocycles. The zero-order valence-electron chi connectivity index (χ0n) is 19.0. The molecule has 0 N–H and O–H groups in total. The highest BCUT2D eigenvalue weighted by Gasteiger charge is 2.39. The zero-order chi connectivity index (χ0) is 24.0. The van der Waals surface area contributed by atoms with E-state index in [1.54, 1.807) is 27.2 Å². The van der Waals surface area contributed by atoms with Gasteiger partial charge < -0.3 is 4.74 Å². The van der Waals surface area contributed by atoms with Crippen LogP contribution in [0, 0.1) is 11.7 Å². The predicted molar refractivity (Wildman–Crippen MR) is 129 cm³/mol. The Labute approximate surface area is 203 Å². The Morgan fingerprint density at radius 2 is 1.76 bits per heavy atom. The summed E-state index contributed by atoms with van der Waals surface area (Å²) in [6.45, 7) is 3.62. The van der Waals surface area contributed by atoms with Crippen LogP contribution in [0.25, 0.3) is 16.9 Å². The molecule has 180 valence electrons. The van der Waals surface area contributed by atoms with Crippen molar-refractivity contribution in [3.63, 3.8) is 0 Å². The standard InChI is InChI=1S/C24H26ClFN4O3S/c1-16-9-11-28(12-10-16)34(31,32)29-14-20-21(15-29)27-30(22-8-7-19(26)13-23(22)33-2)24(20)17-3-5-18(25)6-4-17/h3-8,13,16H,9-12,14-15H2,1-2H3. The maximum absolute atomic E-state index is 13.9. The van der Waals surface area contributed by atoms with E-state index in [1.807, 2.05) is 12.1 Å². The Balaban J connectivity index is 1.57. The third-order valence-corrected chi connectivity index (χ3v) is 8.79. The highest BCUT2D eigenvalue weighted by atomic mass is 35.5. The fraction of sp³-hybridized carbons (Fsp3) is 0.375. The van der Waals surface area contributed by atoms with Gasteiger partial charge in [-0.05, 0) is 43.0 Å². The summed E-state index contributed by atoms with van der Waals surface area (Å²) >= 11 is 6.11. The van der Waals surface area contributed by atoms with E-state index in [-0.39, 0.29) is 13.1 Å². The minimum Gasteiger partial charge on any atom is -0.494 e. The lowest BCUT2D eigenvalue weighted by Gasteiger charge is -2.32. The van der Waals surface area contributed by atoms with Gasteiger partial charge in [0, 0.05) is 41.9 Å². The van der Waals surface area contributed by atoms with Crippen LogP contribution in [0.15, 0.2) is 42.5 Å². The maximum Gasteiger partial charge on any atom is 0.282 e. The molecule has 1 fully saturated rings. The molecule has 0 atom stereocenters. The van der Waals surface area contributed by atoms with E-state index in [1.165, 1.54) is 23.5 Å². The number of halogens is 2. The normalized spacial score (nSPS) is 17.8. The van der Waals surface area contributed by atoms with Gasteiger partial charge in [0.1, 0.15) is 17.3 Å². The first kappa shape index (κ1) is 23.3. The van der Waals surface area contributed by atoms with Crippen LogP contribution in [-0.4, -0.2) is 47.0 Å². The number of hydrogen-bond acceptors (Lipinski definition) is 4. The van der Waals surface area contributed by atoms with Gasteiger partial charge in [-0.15, -0.1) is 0 Å². The summed E-state index contributed by atoms with van der Waals surface area (Å²) in [7, 11) is -2.12. The van der Waals surface area contributed by atoms with Crippen molar-refractivity contribution < 1.29 is 17.5 Å². The van der Waals surface area contributed by atoms with E-state index >= 15 is 0 Å². The van der Waals surface area contributed by atoms with Gasteiger partial charge in [0.15, 0.2) is 0 Å². The second kappa shape index (κ2) is 8.96. The molecule has 0 radical (unpaired) electrons. The van der Waals surface area contributed by atoms with E-state index in [0.29, 0.717) is 41.2 Å². The molecule has 3 aromatic rings. The van der Waals surface area contributed by atoms with Gasteiger partial charge in [0.2, 0.25) is 0 Å². The van der Waals surface area contributed by atoms with Crippen molar-refractivity contribution in [3.05, 3.63) is 64.6 Å². The van der Waals surface area contributed by atoms with Crippen LogP contribution in [0.1, 0.15) is 31.0 Å². The second-order valence-electron chi connectivity index (χ2n) is 8.87. The summed E-state index contributed by atoms with van der Waals surface area (Å²) < 4.78 is 50.8. The highest BCUT2D eigenvalue weighted by Crippen LogP contribution is 2.38. The van der Waals surface area contributed by atoms with Crippen LogP contribution < -0.4 is 4.74 Å². The number of rotatable bonds is 5. The molecule has 1 saturated heterocycles. The summed E-state index contributed by atoms with van der Waals surface area (Å²) in [5.74, 6) is 0.456. The van der Waals surface area contributed by atoms with Crippen molar-refractivity contribution >= 4 is 21.8 Å². The maximum atomic E-state index is 13.9. The first-order valence-electron chi connectivity index (χ1n) is 11.2. The Morgan fingerprint density at radius 1 is 1.06 bits per heavy atom. The Hall–Kier alpha value is -2.46. The third-order valence-electron chi connectivity index (χ3n) is 6.61. The number of methoxy groups -OCH3 is 1. The van der Waals surface area contributed by atoms with Crippen molar-refractivity contribution in [3.8, 4) is 22.7 Å². The van der Waals surface area contributed by atoms with Crippen LogP contribution in [0.4, 0.5) is 4.39 Å². The van der Waals surface area contributed by atoms with Crippen molar-refractivity contribution in [2.45, 2.75) is 32.9 Å². The van der Waals surface area contributed by atoms with E-state index in [0.717, 1.165) is 29.7 Å². The van der Waals surface area contributed by atoms with Crippen LogP contribution >= 0.6 is 11.6 Å². The fourth-order valence-electron chi connectivity index (χ4n) is 4.64. The number of ether oxygens (including phenoxy) is 1. The lowest BCUT2D eigenvalue weighted by Crippen LogP contribution is -2.45. The molecule has 1 aromatic heterocycles. The van der Waals surface area contributed by atoms with Crippen LogP contribution in [-0.2, 0) is 23.3 Å². The minimum atomic E-state index is -3.60. The lowest BCUT2D eigenvalue weighted by atomic mass is 10.0. The molecule has 2 aliphatic rings. The number of hydrogen-bond donors (Lipinski definition) is 0. The summed E-state index contributed by atoms with van der Waals surface area (Å²) in [5.41, 5.74) is 3.63. The number of aromatic nitrogens is 2. The summed E-state index contributed by atoms with van der Waals surface area (Å²) in [6.07, 6.45) is 1.73. The molecule has 5 rings (SSSR count). The molecule has 34 heavy (non-hydrogen) atoms. The summed E-state index contributed by atoms with van der Waals surface area (Å²) in [4.78, 5) is 0. The van der Waals surface area contributed by atoms with Gasteiger partial charge in [-0.2, -0.15) is 22.1 Å². The van der Waals surface area contributed by atoms with Crippen molar-refractivity contribution in [1.82, 2.24) is 18.4 Å². The average Bonchev–Trinajstić information content (AvgIpc) is 3.39. The molecule has 0 bridgehead atoms. The molecule has 0 saturated carbocycles. The smallest absolute Gasteiger partial charge is 0.282 e. The van der Waals surface area contributed by atoms with Crippen LogP contribution in [0.3, 0.4) is 0 Å². The van der Waals surface area contributed by atoms with Crippen LogP contribution in [0.5, 0.6) is 5.75 Å². The molecule has 3 heterocycles. The molecular formula is C24H26ClFN4O3S. The SMILES string of the molecule is COc1cc(F)ccc1-n1nc2c(c1-c1ccc(Cl)cc1)CN(S(=O)(=O)N1CCC(C)CC1)C2. The predicted octanol–water partition coefficient (Wildman–Crippen LogP) is 4.63. The highest BCUT2D eigenvalue weighted by molar-refractivity contribution is 7.86. The monoisotopic (exact) mass is 504 g/mol. The Bertz CT molecular complexity index is 1320. The molecule has 10 heteroatoms. The van der Waals surface area contributed by atoms with Crippen LogP contribution in [0.2, 0.25) is 5.02 Å². The molecule has 0 amide bonds. The van der Waals surface area contributed by atoms with E-state index in [9.17, 15) is 12.8 Å². The Kier molecular flexibility index (Phi) is 6.14. The molecule has 2 aliphatic heterocycles. The lowest BCUT2D eigenvalue weighted by molar-refractivity contribution is 0.264. The van der Waals surface area contributed by atoms with E-state index in [4.69, 9.17) is 21.4 Å². The van der Waals surface area contributed by atoms with Crippen molar-refractivity contribution in [1.29, 1.82) is 0 Å². The van der Waals surface area contributed by atoms with E-state index < -0.39 is 16.0 Å². The van der Waals surface area contributed by atoms with Gasteiger partial charge in [-0.25, -0.2) is 9.07 Å². The van der Waals surface area contributed by atoms with Gasteiger partial charge >= 0.3 is 0 Å². The van der Waals surface area contributed by atoms with Crippen molar-refractivity contribution in [2.24, 2.45) is 5.92 Å². The number of piperidine rings is 1. The molecule has 0 spiro atoms. The zero-order valence-corrected chi connectivity index (χ0v) is 20.6. The fourth-order valence-corrected chi connectivity index (χ4v) is 6.34. The average molecular weight is 505 g/mol. The topological polar surface area (TPSA) is 67.7 Å². The summed E-state index contributed by atoms with van der Waals surface area (Å²) in [6, 6.07) is 11.6. The molecule has 7 nitrogen and oxygen atoms in total. The van der Waals surface area contributed by atoms with E-state index in [2.05, 4.69) is 6.92 Å². The first-order valence-corrected chi connectivity index (χ1v) is 13.0. The van der Waals surface area contributed by atoms with Gasteiger partial charge in [0.25, 0.3) is 10.2 Å². The number of fused-ring (bicyclic) bond motifs is 1. The minimum absolute atomic E-state index is 0.181. The quantitative estimate of drug-likeness (QED) is 0.508. The number of benzene rings is 2. The Morgan fingerprint density at radius 3 is 2.44 bits per heavy atom. The summed E-state index contributed by atoms with van der Waals surface area (Å²) in [5, 5.41) is 5.37. The van der Waals surface area contributed by atoms with Gasteiger partial charge in [-0.1, -0.05) is 30.7 Å². The first-order chi connectivity index (χ1) is 16.3. The molecule has 0 unspecified atom stereocenters. The second-order valence-corrected chi connectivity index (χ2v) is 11.2. The largest absolute Gasteiger partial charge is 0.494 e. The van der Waals surface area contributed by atoms with Crippen molar-refractivity contribution in [2.75, 3.05) is 20.2 Å². The molecular weight excluding hydrogens is 479 g/mol. The molecule has 2 aromatic carbocycles. The third kappa shape index (κ3) is 4.11. The number of nitrogens with zero attached hydrogens (tertiary/aromatic N) is 4.